The molecule has 0 aliphatic heterocycles. The summed E-state index contributed by atoms with van der Waals surface area (Å²) in [4.78, 5) is 4.83. The molecule has 0 saturated carbocycles. The van der Waals surface area contributed by atoms with E-state index in [9.17, 15) is 0 Å². The zero-order valence-electron chi connectivity index (χ0n) is 18.0. The van der Waals surface area contributed by atoms with Gasteiger partial charge in [0.05, 0.1) is 11.8 Å². The Kier molecular flexibility index (Phi) is 4.04. The van der Waals surface area contributed by atoms with Crippen molar-refractivity contribution in [1.82, 2.24) is 25.0 Å². The molecule has 0 bridgehead atoms. The molecule has 160 valence electrons. The van der Waals surface area contributed by atoms with Gasteiger partial charge in [-0.1, -0.05) is 66.7 Å². The second-order valence-corrected chi connectivity index (χ2v) is 8.11. The molecule has 0 fully saturated rings. The minimum Gasteiger partial charge on any atom is -0.455 e. The largest absolute Gasteiger partial charge is 0.455 e. The molecule has 0 saturated heterocycles. The van der Waals surface area contributed by atoms with Gasteiger partial charge in [0.1, 0.15) is 16.7 Å². The van der Waals surface area contributed by atoms with E-state index in [4.69, 9.17) is 9.40 Å². The molecule has 0 amide bonds. The minimum absolute atomic E-state index is 0.535. The van der Waals surface area contributed by atoms with Gasteiger partial charge in [-0.05, 0) is 46.7 Å². The summed E-state index contributed by atoms with van der Waals surface area (Å²) < 4.78 is 8.53. The summed E-state index contributed by atoms with van der Waals surface area (Å²) in [5.74, 6) is 0.733. The fraction of sp³-hybridized carbons (Fsp3) is 0. The summed E-state index contributed by atoms with van der Waals surface area (Å²) in [5.41, 5.74) is 7.08. The van der Waals surface area contributed by atoms with Crippen LogP contribution in [0.2, 0.25) is 0 Å². The molecule has 0 aliphatic carbocycles. The van der Waals surface area contributed by atoms with Crippen molar-refractivity contribution in [3.8, 4) is 28.2 Å². The van der Waals surface area contributed by atoms with Gasteiger partial charge >= 0.3 is 0 Å². The molecule has 0 aliphatic rings. The van der Waals surface area contributed by atoms with Crippen LogP contribution in [0.25, 0.3) is 61.3 Å². The molecule has 0 N–H and O–H groups in total. The third-order valence-electron chi connectivity index (χ3n) is 6.13. The van der Waals surface area contributed by atoms with Crippen LogP contribution in [0.4, 0.5) is 0 Å². The fourth-order valence-corrected chi connectivity index (χ4v) is 4.56. The summed E-state index contributed by atoms with van der Waals surface area (Å²) in [5, 5.41) is 14.1. The Bertz CT molecular complexity index is 1800. The lowest BCUT2D eigenvalue weighted by molar-refractivity contribution is 0.669. The molecule has 0 spiro atoms. The first-order valence-corrected chi connectivity index (χ1v) is 11.0. The lowest BCUT2D eigenvalue weighted by Crippen LogP contribution is -1.98. The molecule has 0 unspecified atom stereocenters. The predicted octanol–water partition coefficient (Wildman–Crippen LogP) is 6.44. The van der Waals surface area contributed by atoms with E-state index in [1.807, 2.05) is 65.2 Å². The highest BCUT2D eigenvalue weighted by atomic mass is 16.3. The first-order chi connectivity index (χ1) is 16.9. The Hall–Kier alpha value is -4.84. The Morgan fingerprint density at radius 2 is 1.53 bits per heavy atom. The van der Waals surface area contributed by atoms with Gasteiger partial charge in [-0.3, -0.25) is 4.57 Å². The molecule has 6 nitrogen and oxygen atoms in total. The number of hydrogen-bond donors (Lipinski definition) is 0. The van der Waals surface area contributed by atoms with Gasteiger partial charge in [0.2, 0.25) is 5.65 Å². The summed E-state index contributed by atoms with van der Waals surface area (Å²) in [6, 6.07) is 32.9. The van der Waals surface area contributed by atoms with Crippen LogP contribution in [0, 0.1) is 0 Å². The highest BCUT2D eigenvalue weighted by Gasteiger charge is 2.20. The van der Waals surface area contributed by atoms with Gasteiger partial charge < -0.3 is 4.42 Å². The van der Waals surface area contributed by atoms with Gasteiger partial charge in [0.25, 0.3) is 0 Å². The SMILES string of the molecule is c1ccc(-c2ccc3c(c2)oc2c(-c4nc5nnncc5n4-c4ccccc4)cccc23)cc1. The van der Waals surface area contributed by atoms with E-state index in [-0.39, 0.29) is 0 Å². The van der Waals surface area contributed by atoms with Crippen LogP contribution >= 0.6 is 0 Å². The van der Waals surface area contributed by atoms with Crippen molar-refractivity contribution in [2.24, 2.45) is 0 Å². The van der Waals surface area contributed by atoms with Gasteiger partial charge in [0.15, 0.2) is 5.82 Å². The third kappa shape index (κ3) is 2.82. The van der Waals surface area contributed by atoms with Crippen LogP contribution in [0.5, 0.6) is 0 Å². The molecule has 7 aromatic rings. The molecule has 3 aromatic heterocycles. The molecule has 0 atom stereocenters. The van der Waals surface area contributed by atoms with E-state index in [1.54, 1.807) is 6.20 Å². The molecule has 0 radical (unpaired) electrons. The number of aromatic nitrogens is 5. The zero-order chi connectivity index (χ0) is 22.5. The van der Waals surface area contributed by atoms with Crippen molar-refractivity contribution in [2.45, 2.75) is 0 Å². The van der Waals surface area contributed by atoms with Crippen molar-refractivity contribution < 1.29 is 4.42 Å². The first-order valence-electron chi connectivity index (χ1n) is 11.0. The van der Waals surface area contributed by atoms with Crippen LogP contribution in [-0.2, 0) is 0 Å². The maximum absolute atomic E-state index is 6.48. The number of rotatable bonds is 3. The summed E-state index contributed by atoms with van der Waals surface area (Å²) in [6.07, 6.45) is 1.69. The number of furan rings is 1. The number of benzene rings is 4. The average Bonchev–Trinajstić information content (AvgIpc) is 3.48. The third-order valence-corrected chi connectivity index (χ3v) is 6.13. The van der Waals surface area contributed by atoms with E-state index >= 15 is 0 Å². The maximum Gasteiger partial charge on any atom is 0.204 e. The molecular formula is C28H17N5O. The number of para-hydroxylation sites is 2. The lowest BCUT2D eigenvalue weighted by Gasteiger charge is -2.09. The summed E-state index contributed by atoms with van der Waals surface area (Å²) in [6.45, 7) is 0. The molecule has 4 aromatic carbocycles. The number of nitrogens with zero attached hydrogens (tertiary/aromatic N) is 5. The Balaban J connectivity index is 1.50. The quantitative estimate of drug-likeness (QED) is 0.317. The smallest absolute Gasteiger partial charge is 0.204 e. The molecule has 3 heterocycles. The Morgan fingerprint density at radius 1 is 0.706 bits per heavy atom. The highest BCUT2D eigenvalue weighted by Crippen LogP contribution is 2.38. The van der Waals surface area contributed by atoms with Gasteiger partial charge in [-0.15, -0.1) is 10.2 Å². The van der Waals surface area contributed by atoms with Crippen LogP contribution in [0.1, 0.15) is 0 Å². The van der Waals surface area contributed by atoms with Crippen molar-refractivity contribution in [2.75, 3.05) is 0 Å². The standard InChI is InChI=1S/C28H17N5O/c1-3-8-18(9-4-1)19-14-15-21-22-12-7-13-23(26(22)34-25(21)16-19)28-30-27-24(17-29-32-31-27)33(28)20-10-5-2-6-11-20/h1-17H. The predicted molar refractivity (Wildman–Crippen MR) is 133 cm³/mol. The summed E-state index contributed by atoms with van der Waals surface area (Å²) in [7, 11) is 0. The van der Waals surface area contributed by atoms with Gasteiger partial charge in [-0.25, -0.2) is 4.98 Å². The van der Waals surface area contributed by atoms with Crippen LogP contribution < -0.4 is 0 Å². The van der Waals surface area contributed by atoms with E-state index in [1.165, 1.54) is 0 Å². The van der Waals surface area contributed by atoms with Crippen LogP contribution in [0.3, 0.4) is 0 Å². The summed E-state index contributed by atoms with van der Waals surface area (Å²) >= 11 is 0. The second-order valence-electron chi connectivity index (χ2n) is 8.11. The molecule has 6 heteroatoms. The van der Waals surface area contributed by atoms with Crippen molar-refractivity contribution >= 4 is 33.1 Å². The van der Waals surface area contributed by atoms with E-state index in [0.29, 0.717) is 5.65 Å². The van der Waals surface area contributed by atoms with Crippen molar-refractivity contribution in [3.05, 3.63) is 103 Å². The normalized spacial score (nSPS) is 11.5. The Labute approximate surface area is 194 Å². The van der Waals surface area contributed by atoms with Crippen LogP contribution in [0.15, 0.2) is 108 Å². The highest BCUT2D eigenvalue weighted by molar-refractivity contribution is 6.10. The average molecular weight is 439 g/mol. The maximum atomic E-state index is 6.48. The monoisotopic (exact) mass is 439 g/mol. The van der Waals surface area contributed by atoms with Gasteiger partial charge in [0, 0.05) is 16.5 Å². The van der Waals surface area contributed by atoms with Gasteiger partial charge in [-0.2, -0.15) is 0 Å². The second kappa shape index (κ2) is 7.35. The fourth-order valence-electron chi connectivity index (χ4n) is 4.56. The number of hydrogen-bond acceptors (Lipinski definition) is 5. The molecule has 34 heavy (non-hydrogen) atoms. The van der Waals surface area contributed by atoms with Crippen LogP contribution in [-0.4, -0.2) is 25.0 Å². The van der Waals surface area contributed by atoms with Crippen molar-refractivity contribution in [1.29, 1.82) is 0 Å². The topological polar surface area (TPSA) is 69.6 Å². The molecule has 7 rings (SSSR count). The van der Waals surface area contributed by atoms with E-state index in [2.05, 4.69) is 51.8 Å². The van der Waals surface area contributed by atoms with E-state index < -0.39 is 0 Å². The zero-order valence-corrected chi connectivity index (χ0v) is 18.0. The minimum atomic E-state index is 0.535. The number of fused-ring (bicyclic) bond motifs is 4. The van der Waals surface area contributed by atoms with E-state index in [0.717, 1.165) is 55.7 Å². The number of imidazole rings is 1. The lowest BCUT2D eigenvalue weighted by atomic mass is 10.0. The Morgan fingerprint density at radius 3 is 2.38 bits per heavy atom. The first kappa shape index (κ1) is 18.7. The van der Waals surface area contributed by atoms with Crippen molar-refractivity contribution in [3.63, 3.8) is 0 Å². The molecular weight excluding hydrogens is 422 g/mol.